The maximum absolute atomic E-state index is 13.5. The fraction of sp³-hybridized carbons (Fsp3) is 0.500. The fourth-order valence-corrected chi connectivity index (χ4v) is 6.08. The van der Waals surface area contributed by atoms with Gasteiger partial charge in [-0.05, 0) is 56.0 Å². The zero-order valence-corrected chi connectivity index (χ0v) is 20.9. The monoisotopic (exact) mass is 503 g/mol. The molecule has 0 bridgehead atoms. The first-order valence-electron chi connectivity index (χ1n) is 11.9. The number of piperidine rings is 1. The number of rotatable bonds is 3. The van der Waals surface area contributed by atoms with Crippen LogP contribution in [0.3, 0.4) is 0 Å². The molecule has 0 aliphatic carbocycles. The van der Waals surface area contributed by atoms with E-state index in [1.165, 1.54) is 0 Å². The smallest absolute Gasteiger partial charge is 0.255 e. The van der Waals surface area contributed by atoms with Gasteiger partial charge in [0.15, 0.2) is 0 Å². The summed E-state index contributed by atoms with van der Waals surface area (Å²) >= 11 is 12.7. The number of hydrogen-bond acceptors (Lipinski definition) is 5. The number of carbonyl (C=O) groups is 1. The lowest BCUT2D eigenvalue weighted by molar-refractivity contribution is -0.0740. The third-order valence-corrected chi connectivity index (χ3v) is 8.28. The van der Waals surface area contributed by atoms with E-state index in [0.29, 0.717) is 67.7 Å². The molecular formula is C26H31Cl2N3O3. The molecule has 2 aromatic rings. The molecule has 182 valence electrons. The molecule has 3 aliphatic heterocycles. The second-order valence-electron chi connectivity index (χ2n) is 10.3. The molecule has 3 atom stereocenters. The Hall–Kier alpha value is -1.83. The number of halogens is 2. The second kappa shape index (κ2) is 8.99. The quantitative estimate of drug-likeness (QED) is 0.667. The van der Waals surface area contributed by atoms with Crippen molar-refractivity contribution in [2.45, 2.75) is 43.4 Å². The zero-order chi connectivity index (χ0) is 24.1. The van der Waals surface area contributed by atoms with Crippen LogP contribution in [-0.4, -0.2) is 76.8 Å². The van der Waals surface area contributed by atoms with Crippen LogP contribution in [0.4, 0.5) is 5.69 Å². The van der Waals surface area contributed by atoms with E-state index in [1.54, 1.807) is 6.07 Å². The lowest BCUT2D eigenvalue weighted by Gasteiger charge is -2.49. The number of piperazine rings is 1. The van der Waals surface area contributed by atoms with Crippen molar-refractivity contribution in [2.24, 2.45) is 0 Å². The van der Waals surface area contributed by atoms with E-state index in [9.17, 15) is 15.0 Å². The Morgan fingerprint density at radius 2 is 1.76 bits per heavy atom. The highest BCUT2D eigenvalue weighted by molar-refractivity contribution is 6.36. The van der Waals surface area contributed by atoms with E-state index >= 15 is 0 Å². The maximum Gasteiger partial charge on any atom is 0.255 e. The molecule has 0 spiro atoms. The molecule has 6 nitrogen and oxygen atoms in total. The largest absolute Gasteiger partial charge is 0.388 e. The van der Waals surface area contributed by atoms with Crippen molar-refractivity contribution in [1.29, 1.82) is 0 Å². The summed E-state index contributed by atoms with van der Waals surface area (Å²) in [5.41, 5.74) is 0.553. The minimum atomic E-state index is -0.901. The average molecular weight is 504 g/mol. The highest BCUT2D eigenvalue weighted by atomic mass is 35.5. The number of aliphatic hydroxyl groups is 2. The number of β-amino-alcohol motifs (C(OH)–C–C–N with tert-alkyl or cyclic N) is 1. The minimum Gasteiger partial charge on any atom is -0.388 e. The van der Waals surface area contributed by atoms with Crippen LogP contribution in [-0.2, 0) is 5.60 Å². The van der Waals surface area contributed by atoms with Gasteiger partial charge in [0.2, 0.25) is 0 Å². The SMILES string of the molecule is CC1(O)CCN(c2cccc(C(=O)N3CCN4CC(O)(c5ccc(Cl)cc5)CCC4C3)c2Cl)C1. The van der Waals surface area contributed by atoms with Gasteiger partial charge in [-0.1, -0.05) is 41.4 Å². The number of benzene rings is 2. The Labute approximate surface area is 210 Å². The van der Waals surface area contributed by atoms with Gasteiger partial charge in [-0.2, -0.15) is 0 Å². The second-order valence-corrected chi connectivity index (χ2v) is 11.1. The van der Waals surface area contributed by atoms with E-state index in [1.807, 2.05) is 48.2 Å². The number of carbonyl (C=O) groups excluding carboxylic acids is 1. The van der Waals surface area contributed by atoms with E-state index in [-0.39, 0.29) is 11.9 Å². The summed E-state index contributed by atoms with van der Waals surface area (Å²) in [5.74, 6) is -0.0593. The molecule has 3 saturated heterocycles. The topological polar surface area (TPSA) is 67.2 Å². The van der Waals surface area contributed by atoms with Crippen LogP contribution in [0.2, 0.25) is 10.0 Å². The molecule has 3 unspecified atom stereocenters. The molecule has 0 saturated carbocycles. The summed E-state index contributed by atoms with van der Waals surface area (Å²) < 4.78 is 0. The molecule has 3 fully saturated rings. The number of anilines is 1. The molecule has 34 heavy (non-hydrogen) atoms. The maximum atomic E-state index is 13.5. The molecule has 5 rings (SSSR count). The van der Waals surface area contributed by atoms with Crippen LogP contribution < -0.4 is 4.90 Å². The van der Waals surface area contributed by atoms with E-state index < -0.39 is 11.2 Å². The average Bonchev–Trinajstić information content (AvgIpc) is 3.18. The molecule has 1 amide bonds. The Morgan fingerprint density at radius 1 is 1.00 bits per heavy atom. The summed E-state index contributed by atoms with van der Waals surface area (Å²) in [6.07, 6.45) is 2.12. The standard InChI is InChI=1S/C26H31Cl2N3O3/c1-25(33)11-12-31(16-25)22-4-2-3-21(23(22)28)24(32)29-13-14-30-17-26(34,10-9-20(30)15-29)18-5-7-19(27)8-6-18/h2-8,20,33-34H,9-17H2,1H3. The van der Waals surface area contributed by atoms with Crippen LogP contribution in [0.1, 0.15) is 42.1 Å². The Bertz CT molecular complexity index is 1080. The molecule has 2 N–H and O–H groups in total. The van der Waals surface area contributed by atoms with E-state index in [0.717, 1.165) is 17.7 Å². The van der Waals surface area contributed by atoms with Gasteiger partial charge in [0.25, 0.3) is 5.91 Å². The predicted molar refractivity (Wildman–Crippen MR) is 135 cm³/mol. The molecular weight excluding hydrogens is 473 g/mol. The number of hydrogen-bond donors (Lipinski definition) is 2. The first-order chi connectivity index (χ1) is 16.2. The summed E-state index contributed by atoms with van der Waals surface area (Å²) in [4.78, 5) is 19.7. The van der Waals surface area contributed by atoms with Crippen LogP contribution in [0.15, 0.2) is 42.5 Å². The number of amides is 1. The molecule has 0 radical (unpaired) electrons. The van der Waals surface area contributed by atoms with E-state index in [4.69, 9.17) is 23.2 Å². The van der Waals surface area contributed by atoms with Gasteiger partial charge in [-0.3, -0.25) is 9.69 Å². The van der Waals surface area contributed by atoms with Crippen molar-refractivity contribution in [3.05, 3.63) is 63.6 Å². The lowest BCUT2D eigenvalue weighted by Crippen LogP contribution is -2.60. The normalized spacial score (nSPS) is 29.9. The van der Waals surface area contributed by atoms with Crippen molar-refractivity contribution in [1.82, 2.24) is 9.80 Å². The zero-order valence-electron chi connectivity index (χ0n) is 19.4. The van der Waals surface area contributed by atoms with Crippen molar-refractivity contribution >= 4 is 34.8 Å². The number of nitrogens with zero attached hydrogens (tertiary/aromatic N) is 3. The first kappa shape index (κ1) is 23.9. The van der Waals surface area contributed by atoms with Gasteiger partial charge in [0.05, 0.1) is 21.9 Å². The third kappa shape index (κ3) is 4.54. The first-order valence-corrected chi connectivity index (χ1v) is 12.7. The van der Waals surface area contributed by atoms with Gasteiger partial charge in [-0.15, -0.1) is 0 Å². The fourth-order valence-electron chi connectivity index (χ4n) is 5.63. The lowest BCUT2D eigenvalue weighted by atomic mass is 9.82. The summed E-state index contributed by atoms with van der Waals surface area (Å²) in [6.45, 7) is 5.50. The van der Waals surface area contributed by atoms with Gasteiger partial charge in [0.1, 0.15) is 5.60 Å². The molecule has 0 aromatic heterocycles. The molecule has 2 aromatic carbocycles. The number of fused-ring (bicyclic) bond motifs is 1. The van der Waals surface area contributed by atoms with Gasteiger partial charge >= 0.3 is 0 Å². The van der Waals surface area contributed by atoms with Crippen LogP contribution in [0.25, 0.3) is 0 Å². The van der Waals surface area contributed by atoms with Crippen molar-refractivity contribution in [3.63, 3.8) is 0 Å². The van der Waals surface area contributed by atoms with Crippen LogP contribution in [0.5, 0.6) is 0 Å². The Kier molecular flexibility index (Phi) is 6.32. The summed E-state index contributed by atoms with van der Waals surface area (Å²) in [5, 5.41) is 22.8. The van der Waals surface area contributed by atoms with Crippen molar-refractivity contribution in [2.75, 3.05) is 44.2 Å². The molecule has 8 heteroatoms. The molecule has 3 aliphatic rings. The Balaban J connectivity index is 1.28. The Morgan fingerprint density at radius 3 is 2.47 bits per heavy atom. The van der Waals surface area contributed by atoms with Crippen molar-refractivity contribution < 1.29 is 15.0 Å². The van der Waals surface area contributed by atoms with E-state index in [2.05, 4.69) is 9.80 Å². The van der Waals surface area contributed by atoms with Gasteiger partial charge in [0, 0.05) is 50.3 Å². The third-order valence-electron chi connectivity index (χ3n) is 7.63. The van der Waals surface area contributed by atoms with Crippen LogP contribution in [0, 0.1) is 0 Å². The van der Waals surface area contributed by atoms with Crippen molar-refractivity contribution in [3.8, 4) is 0 Å². The van der Waals surface area contributed by atoms with Gasteiger partial charge < -0.3 is 20.0 Å². The minimum absolute atomic E-state index is 0.0593. The molecule has 3 heterocycles. The highest BCUT2D eigenvalue weighted by Crippen LogP contribution is 2.37. The van der Waals surface area contributed by atoms with Crippen LogP contribution >= 0.6 is 23.2 Å². The highest BCUT2D eigenvalue weighted by Gasteiger charge is 2.42. The summed E-state index contributed by atoms with van der Waals surface area (Å²) in [7, 11) is 0. The van der Waals surface area contributed by atoms with Gasteiger partial charge in [-0.25, -0.2) is 0 Å². The summed E-state index contributed by atoms with van der Waals surface area (Å²) in [6, 6.07) is 13.2. The predicted octanol–water partition coefficient (Wildman–Crippen LogP) is 3.76.